The molecular weight excluding hydrogens is 192 g/mol. The summed E-state index contributed by atoms with van der Waals surface area (Å²) in [5, 5.41) is 0. The third kappa shape index (κ3) is 2.05. The van der Waals surface area contributed by atoms with E-state index in [9.17, 15) is 0 Å². The van der Waals surface area contributed by atoms with E-state index in [2.05, 4.69) is 41.5 Å². The fourth-order valence-corrected chi connectivity index (χ4v) is 4.88. The van der Waals surface area contributed by atoms with E-state index in [4.69, 9.17) is 0 Å². The topological polar surface area (TPSA) is 0 Å². The molecule has 0 N–H and O–H groups in total. The molecule has 0 aromatic heterocycles. The highest BCUT2D eigenvalue weighted by molar-refractivity contribution is 5.01. The summed E-state index contributed by atoms with van der Waals surface area (Å²) in [5.41, 5.74) is 1.67. The highest BCUT2D eigenvalue weighted by Gasteiger charge is 2.51. The van der Waals surface area contributed by atoms with Crippen LogP contribution in [0.1, 0.15) is 73.6 Å². The van der Waals surface area contributed by atoms with Crippen LogP contribution in [0.5, 0.6) is 0 Å². The van der Waals surface area contributed by atoms with Gasteiger partial charge in [0.25, 0.3) is 0 Å². The maximum Gasteiger partial charge on any atom is -0.0269 e. The number of hydrogen-bond donors (Lipinski definition) is 0. The van der Waals surface area contributed by atoms with Crippen molar-refractivity contribution in [1.82, 2.24) is 0 Å². The van der Waals surface area contributed by atoms with Gasteiger partial charge in [-0.05, 0) is 60.2 Å². The van der Waals surface area contributed by atoms with Gasteiger partial charge in [-0.1, -0.05) is 41.5 Å². The lowest BCUT2D eigenvalue weighted by Gasteiger charge is -2.57. The first-order chi connectivity index (χ1) is 7.14. The van der Waals surface area contributed by atoms with Crippen LogP contribution in [0.15, 0.2) is 0 Å². The van der Waals surface area contributed by atoms with Crippen molar-refractivity contribution in [2.45, 2.75) is 73.6 Å². The zero-order chi connectivity index (χ0) is 12.2. The van der Waals surface area contributed by atoms with Gasteiger partial charge in [0, 0.05) is 0 Å². The molecule has 0 radical (unpaired) electrons. The molecule has 2 bridgehead atoms. The van der Waals surface area contributed by atoms with Crippen molar-refractivity contribution in [2.24, 2.45) is 28.1 Å². The highest BCUT2D eigenvalue weighted by Crippen LogP contribution is 2.61. The van der Waals surface area contributed by atoms with E-state index in [1.807, 2.05) is 0 Å². The number of rotatable bonds is 0. The Morgan fingerprint density at radius 1 is 1.00 bits per heavy atom. The summed E-state index contributed by atoms with van der Waals surface area (Å²) in [5.74, 6) is 1.97. The fraction of sp³-hybridized carbons (Fsp3) is 1.00. The van der Waals surface area contributed by atoms with E-state index in [0.717, 1.165) is 11.8 Å². The van der Waals surface area contributed by atoms with Gasteiger partial charge in [0.05, 0.1) is 0 Å². The molecule has 2 aliphatic rings. The Morgan fingerprint density at radius 3 is 2.12 bits per heavy atom. The molecule has 0 aromatic rings. The van der Waals surface area contributed by atoms with E-state index in [1.165, 1.54) is 32.1 Å². The van der Waals surface area contributed by atoms with Gasteiger partial charge in [-0.15, -0.1) is 0 Å². The molecule has 94 valence electrons. The molecule has 0 spiro atoms. The minimum atomic E-state index is 0.466. The van der Waals surface area contributed by atoms with Gasteiger partial charge in [0.2, 0.25) is 0 Å². The quantitative estimate of drug-likeness (QED) is 0.523. The van der Waals surface area contributed by atoms with Crippen LogP contribution < -0.4 is 0 Å². The van der Waals surface area contributed by atoms with Gasteiger partial charge >= 0.3 is 0 Å². The molecule has 0 amide bonds. The molecule has 0 heterocycles. The minimum absolute atomic E-state index is 0.466. The second kappa shape index (κ2) is 3.50. The van der Waals surface area contributed by atoms with Crippen molar-refractivity contribution in [3.8, 4) is 0 Å². The third-order valence-corrected chi connectivity index (χ3v) is 5.73. The van der Waals surface area contributed by atoms with Gasteiger partial charge in [-0.3, -0.25) is 0 Å². The fourth-order valence-electron chi connectivity index (χ4n) is 4.88. The first-order valence-corrected chi connectivity index (χ1v) is 7.14. The molecule has 2 fully saturated rings. The van der Waals surface area contributed by atoms with Crippen LogP contribution in [0.25, 0.3) is 0 Å². The summed E-state index contributed by atoms with van der Waals surface area (Å²) >= 11 is 0. The predicted molar refractivity (Wildman–Crippen MR) is 71.4 cm³/mol. The smallest absolute Gasteiger partial charge is 0.0269 e. The lowest BCUT2D eigenvalue weighted by molar-refractivity contribution is -0.0704. The molecule has 2 saturated carbocycles. The normalized spacial score (nSPS) is 49.1. The van der Waals surface area contributed by atoms with Crippen LogP contribution in [0, 0.1) is 28.1 Å². The van der Waals surface area contributed by atoms with Crippen molar-refractivity contribution in [3.63, 3.8) is 0 Å². The van der Waals surface area contributed by atoms with Crippen LogP contribution in [0.4, 0.5) is 0 Å². The second-order valence-electron chi connectivity index (χ2n) is 8.62. The average Bonchev–Trinajstić information content (AvgIpc) is 1.95. The van der Waals surface area contributed by atoms with Crippen molar-refractivity contribution in [1.29, 1.82) is 0 Å². The zero-order valence-corrected chi connectivity index (χ0v) is 12.2. The SMILES string of the molecule is CC1CC2CC(C)(C1)CC(C)(C(C)(C)C)C2. The average molecular weight is 222 g/mol. The standard InChI is InChI=1S/C16H30/c1-12-7-13-9-15(5,8-12)11-16(6,10-13)14(2,3)4/h12-13H,7-11H2,1-6H3. The number of hydrogen-bond acceptors (Lipinski definition) is 0. The van der Waals surface area contributed by atoms with Crippen molar-refractivity contribution in [3.05, 3.63) is 0 Å². The van der Waals surface area contributed by atoms with Gasteiger partial charge in [0.1, 0.15) is 0 Å². The van der Waals surface area contributed by atoms with E-state index in [-0.39, 0.29) is 0 Å². The van der Waals surface area contributed by atoms with Crippen molar-refractivity contribution in [2.75, 3.05) is 0 Å². The molecule has 4 unspecified atom stereocenters. The van der Waals surface area contributed by atoms with E-state index in [1.54, 1.807) is 0 Å². The Kier molecular flexibility index (Phi) is 2.72. The molecule has 4 atom stereocenters. The Morgan fingerprint density at radius 2 is 1.62 bits per heavy atom. The highest BCUT2D eigenvalue weighted by atomic mass is 14.6. The third-order valence-electron chi connectivity index (χ3n) is 5.73. The van der Waals surface area contributed by atoms with Gasteiger partial charge < -0.3 is 0 Å². The van der Waals surface area contributed by atoms with E-state index in [0.29, 0.717) is 16.2 Å². The maximum absolute atomic E-state index is 2.55. The lowest BCUT2D eigenvalue weighted by Crippen LogP contribution is -2.47. The summed E-state index contributed by atoms with van der Waals surface area (Å²) in [4.78, 5) is 0. The second-order valence-corrected chi connectivity index (χ2v) is 8.62. The van der Waals surface area contributed by atoms with Crippen LogP contribution in [0.3, 0.4) is 0 Å². The largest absolute Gasteiger partial charge is 0.0625 e. The molecular formula is C16H30. The van der Waals surface area contributed by atoms with Gasteiger partial charge in [-0.25, -0.2) is 0 Å². The van der Waals surface area contributed by atoms with Gasteiger partial charge in [-0.2, -0.15) is 0 Å². The Hall–Kier alpha value is 0. The van der Waals surface area contributed by atoms with Crippen molar-refractivity contribution >= 4 is 0 Å². The van der Waals surface area contributed by atoms with E-state index < -0.39 is 0 Å². The Labute approximate surface area is 102 Å². The molecule has 0 heteroatoms. The molecule has 16 heavy (non-hydrogen) atoms. The van der Waals surface area contributed by atoms with Crippen LogP contribution in [-0.4, -0.2) is 0 Å². The zero-order valence-electron chi connectivity index (χ0n) is 12.2. The van der Waals surface area contributed by atoms with Crippen LogP contribution in [0.2, 0.25) is 0 Å². The summed E-state index contributed by atoms with van der Waals surface area (Å²) in [6.45, 7) is 14.9. The summed E-state index contributed by atoms with van der Waals surface area (Å²) in [6.07, 6.45) is 7.38. The first kappa shape index (κ1) is 12.5. The first-order valence-electron chi connectivity index (χ1n) is 7.14. The lowest BCUT2D eigenvalue weighted by atomic mass is 9.48. The Balaban J connectivity index is 2.24. The van der Waals surface area contributed by atoms with Crippen LogP contribution in [-0.2, 0) is 0 Å². The van der Waals surface area contributed by atoms with Crippen LogP contribution >= 0.6 is 0 Å². The molecule has 0 aliphatic heterocycles. The summed E-state index contributed by atoms with van der Waals surface area (Å²) in [6, 6.07) is 0. The predicted octanol–water partition coefficient (Wildman–Crippen LogP) is 5.28. The summed E-state index contributed by atoms with van der Waals surface area (Å²) < 4.78 is 0. The molecule has 0 nitrogen and oxygen atoms in total. The molecule has 2 rings (SSSR count). The van der Waals surface area contributed by atoms with Gasteiger partial charge in [0.15, 0.2) is 0 Å². The molecule has 2 aliphatic carbocycles. The maximum atomic E-state index is 2.55. The van der Waals surface area contributed by atoms with Crippen molar-refractivity contribution < 1.29 is 0 Å². The summed E-state index contributed by atoms with van der Waals surface area (Å²) in [7, 11) is 0. The van der Waals surface area contributed by atoms with E-state index >= 15 is 0 Å². The molecule has 0 aromatic carbocycles. The Bertz CT molecular complexity index is 268. The monoisotopic (exact) mass is 222 g/mol. The molecule has 0 saturated heterocycles. The minimum Gasteiger partial charge on any atom is -0.0625 e. The number of fused-ring (bicyclic) bond motifs is 2.